The quantitative estimate of drug-likeness (QED) is 0.0898. The summed E-state index contributed by atoms with van der Waals surface area (Å²) in [5, 5.41) is 60.1. The van der Waals surface area contributed by atoms with Crippen LogP contribution in [0.2, 0.25) is 0 Å². The molecule has 0 saturated heterocycles. The fourth-order valence-electron chi connectivity index (χ4n) is 4.16. The first kappa shape index (κ1) is 36.9. The van der Waals surface area contributed by atoms with Gasteiger partial charge in [0, 0.05) is 24.8 Å². The molecule has 1 rings (SSSR count). The van der Waals surface area contributed by atoms with Crippen LogP contribution in [0.25, 0.3) is 0 Å². The lowest BCUT2D eigenvalue weighted by molar-refractivity contribution is -0.159. The van der Waals surface area contributed by atoms with Crippen molar-refractivity contribution >= 4 is 11.9 Å². The summed E-state index contributed by atoms with van der Waals surface area (Å²) in [6.45, 7) is 7.62. The first-order valence-corrected chi connectivity index (χ1v) is 14.4. The van der Waals surface area contributed by atoms with Gasteiger partial charge in [-0.05, 0) is 25.7 Å². The van der Waals surface area contributed by atoms with E-state index in [1.54, 1.807) is 49.5 Å². The van der Waals surface area contributed by atoms with E-state index < -0.39 is 60.4 Å². The van der Waals surface area contributed by atoms with Crippen LogP contribution in [0, 0.1) is 17.8 Å². The molecule has 0 aliphatic heterocycles. The highest BCUT2D eigenvalue weighted by Crippen LogP contribution is 2.27. The minimum atomic E-state index is -1.42. The average molecular weight is 589 g/mol. The van der Waals surface area contributed by atoms with E-state index in [1.807, 2.05) is 39.0 Å². The number of rotatable bonds is 16. The molecule has 9 heteroatoms. The van der Waals surface area contributed by atoms with E-state index in [2.05, 4.69) is 0 Å². The van der Waals surface area contributed by atoms with Crippen molar-refractivity contribution < 1.29 is 45.0 Å². The minimum absolute atomic E-state index is 0.0910. The number of aliphatic carboxylic acids is 1. The zero-order chi connectivity index (χ0) is 31.7. The Bertz CT molecular complexity index is 1030. The van der Waals surface area contributed by atoms with Gasteiger partial charge in [-0.15, -0.1) is 0 Å². The molecule has 1 fully saturated rings. The summed E-state index contributed by atoms with van der Waals surface area (Å²) in [4.78, 5) is 23.2. The van der Waals surface area contributed by atoms with Crippen LogP contribution < -0.4 is 0 Å². The van der Waals surface area contributed by atoms with Gasteiger partial charge in [0.1, 0.15) is 12.2 Å². The van der Waals surface area contributed by atoms with Gasteiger partial charge < -0.3 is 35.4 Å². The fourth-order valence-corrected chi connectivity index (χ4v) is 4.16. The van der Waals surface area contributed by atoms with Crippen molar-refractivity contribution in [2.45, 2.75) is 90.0 Å². The number of carboxylic acid groups (broad SMARTS) is 1. The third-order valence-corrected chi connectivity index (χ3v) is 6.78. The Morgan fingerprint density at radius 2 is 1.48 bits per heavy atom. The molecule has 0 heterocycles. The first-order chi connectivity index (χ1) is 19.8. The van der Waals surface area contributed by atoms with Crippen LogP contribution in [0.15, 0.2) is 84.6 Å². The lowest BCUT2D eigenvalue weighted by atomic mass is 9.85. The number of carboxylic acids is 1. The Kier molecular flexibility index (Phi) is 17.5. The predicted octanol–water partition coefficient (Wildman–Crippen LogP) is 3.55. The highest BCUT2D eigenvalue weighted by Gasteiger charge is 2.35. The molecule has 0 bridgehead atoms. The molecule has 0 aromatic heterocycles. The van der Waals surface area contributed by atoms with Crippen LogP contribution in [0.3, 0.4) is 0 Å². The standard InChI is InChI=1S/C33H48O9/c1-22(2)12-8-10-16-26(34)21-28(36)32(39)31(38)24(4)15-7-5-6-13-23(3)14-9-11-17-30(37)42-29-20-25(33(40)41)18-19-27(29)35/h5-17,22,24-29,31-32,34-36,38-39H,18-21H2,1-4H3,(H,40,41)/b6-5+,12-8+,14-9+,15-7+,16-10+,17-11+,23-13+/t24-,25+,26+,27+,28-,29-,31-,32-/m1/s1. The van der Waals surface area contributed by atoms with E-state index in [4.69, 9.17) is 9.84 Å². The molecule has 1 aliphatic carbocycles. The maximum atomic E-state index is 12.0. The van der Waals surface area contributed by atoms with Gasteiger partial charge in [-0.3, -0.25) is 4.79 Å². The van der Waals surface area contributed by atoms with Crippen molar-refractivity contribution in [1.29, 1.82) is 0 Å². The summed E-state index contributed by atoms with van der Waals surface area (Å²) in [5.74, 6) is -2.32. The number of hydrogen-bond donors (Lipinski definition) is 6. The van der Waals surface area contributed by atoms with Crippen molar-refractivity contribution in [2.24, 2.45) is 17.8 Å². The van der Waals surface area contributed by atoms with Gasteiger partial charge in [0.15, 0.2) is 0 Å². The number of esters is 1. The molecule has 0 unspecified atom stereocenters. The second-order valence-electron chi connectivity index (χ2n) is 11.0. The maximum Gasteiger partial charge on any atom is 0.331 e. The van der Waals surface area contributed by atoms with E-state index in [1.165, 1.54) is 18.2 Å². The molecular formula is C33H48O9. The summed E-state index contributed by atoms with van der Waals surface area (Å²) in [6, 6.07) is 0. The van der Waals surface area contributed by atoms with Gasteiger partial charge in [0.2, 0.25) is 0 Å². The van der Waals surface area contributed by atoms with E-state index in [0.29, 0.717) is 12.3 Å². The summed E-state index contributed by atoms with van der Waals surface area (Å²) in [5.41, 5.74) is 0.878. The van der Waals surface area contributed by atoms with Crippen LogP contribution in [0.1, 0.15) is 53.4 Å². The molecule has 1 saturated carbocycles. The smallest absolute Gasteiger partial charge is 0.331 e. The summed E-state index contributed by atoms with van der Waals surface area (Å²) < 4.78 is 5.22. The molecule has 0 spiro atoms. The van der Waals surface area contributed by atoms with Gasteiger partial charge in [0.05, 0.1) is 30.3 Å². The summed E-state index contributed by atoms with van der Waals surface area (Å²) in [6.07, 6.45) is 15.9. The SMILES string of the molecule is CC(/C=C/C=C/C(=O)O[C@@H]1C[C@@H](C(=O)O)CC[C@@H]1O)=C\C=C\C=C\[C@@H](C)[C@@H](O)[C@H](O)[C@H](O)C[C@@H](O)/C=C/C=C/C(C)C. The molecule has 234 valence electrons. The fraction of sp³-hybridized carbons (Fsp3) is 0.515. The van der Waals surface area contributed by atoms with E-state index in [9.17, 15) is 35.1 Å². The number of hydrogen-bond acceptors (Lipinski definition) is 8. The molecule has 9 nitrogen and oxygen atoms in total. The highest BCUT2D eigenvalue weighted by molar-refractivity contribution is 5.82. The van der Waals surface area contributed by atoms with E-state index >= 15 is 0 Å². The van der Waals surface area contributed by atoms with Gasteiger partial charge >= 0.3 is 11.9 Å². The molecule has 0 radical (unpaired) electrons. The third kappa shape index (κ3) is 15.2. The van der Waals surface area contributed by atoms with Crippen molar-refractivity contribution in [3.63, 3.8) is 0 Å². The molecule has 42 heavy (non-hydrogen) atoms. The van der Waals surface area contributed by atoms with Gasteiger partial charge in [-0.25, -0.2) is 4.79 Å². The lowest BCUT2D eigenvalue weighted by Gasteiger charge is -2.30. The maximum absolute atomic E-state index is 12.0. The van der Waals surface area contributed by atoms with Crippen LogP contribution in [-0.2, 0) is 14.3 Å². The zero-order valence-corrected chi connectivity index (χ0v) is 24.9. The molecule has 6 N–H and O–H groups in total. The second kappa shape index (κ2) is 19.9. The topological polar surface area (TPSA) is 165 Å². The monoisotopic (exact) mass is 588 g/mol. The Morgan fingerprint density at radius 1 is 0.833 bits per heavy atom. The van der Waals surface area contributed by atoms with Gasteiger partial charge in [0.25, 0.3) is 0 Å². The highest BCUT2D eigenvalue weighted by atomic mass is 16.6. The molecular weight excluding hydrogens is 540 g/mol. The lowest BCUT2D eigenvalue weighted by Crippen LogP contribution is -2.41. The van der Waals surface area contributed by atoms with Crippen LogP contribution in [0.4, 0.5) is 0 Å². The number of carbonyl (C=O) groups is 2. The molecule has 8 atom stereocenters. The third-order valence-electron chi connectivity index (χ3n) is 6.78. The number of ether oxygens (including phenoxy) is 1. The van der Waals surface area contributed by atoms with E-state index in [-0.39, 0.29) is 19.3 Å². The number of allylic oxidation sites excluding steroid dienone is 11. The minimum Gasteiger partial charge on any atom is -0.481 e. The molecule has 0 aromatic carbocycles. The van der Waals surface area contributed by atoms with Crippen molar-refractivity contribution in [2.75, 3.05) is 0 Å². The normalized spacial score (nSPS) is 24.4. The summed E-state index contributed by atoms with van der Waals surface area (Å²) >= 11 is 0. The Morgan fingerprint density at radius 3 is 2.14 bits per heavy atom. The van der Waals surface area contributed by atoms with Crippen molar-refractivity contribution in [3.8, 4) is 0 Å². The predicted molar refractivity (Wildman–Crippen MR) is 162 cm³/mol. The first-order valence-electron chi connectivity index (χ1n) is 14.4. The number of aliphatic hydroxyl groups is 5. The van der Waals surface area contributed by atoms with Crippen LogP contribution >= 0.6 is 0 Å². The zero-order valence-electron chi connectivity index (χ0n) is 24.9. The van der Waals surface area contributed by atoms with Crippen LogP contribution in [-0.4, -0.2) is 79.2 Å². The Balaban J connectivity index is 2.48. The molecule has 1 aliphatic rings. The van der Waals surface area contributed by atoms with Gasteiger partial charge in [-0.2, -0.15) is 0 Å². The average Bonchev–Trinajstić information content (AvgIpc) is 2.93. The van der Waals surface area contributed by atoms with Crippen molar-refractivity contribution in [1.82, 2.24) is 0 Å². The Hall–Kier alpha value is -3.08. The van der Waals surface area contributed by atoms with Gasteiger partial charge in [-0.1, -0.05) is 99.3 Å². The number of carbonyl (C=O) groups excluding carboxylic acids is 1. The van der Waals surface area contributed by atoms with E-state index in [0.717, 1.165) is 5.57 Å². The van der Waals surface area contributed by atoms with Crippen molar-refractivity contribution in [3.05, 3.63) is 84.6 Å². The van der Waals surface area contributed by atoms with Crippen LogP contribution in [0.5, 0.6) is 0 Å². The molecule has 0 aromatic rings. The Labute approximate surface area is 249 Å². The number of aliphatic hydroxyl groups excluding tert-OH is 5. The summed E-state index contributed by atoms with van der Waals surface area (Å²) in [7, 11) is 0. The molecule has 0 amide bonds. The second-order valence-corrected chi connectivity index (χ2v) is 11.0. The largest absolute Gasteiger partial charge is 0.481 e.